The van der Waals surface area contributed by atoms with Gasteiger partial charge in [-0.05, 0) is 36.9 Å². The van der Waals surface area contributed by atoms with Crippen LogP contribution in [0, 0.1) is 17.3 Å². The van der Waals surface area contributed by atoms with Crippen LogP contribution in [0.4, 0.5) is 0 Å². The fourth-order valence-corrected chi connectivity index (χ4v) is 3.49. The molecule has 2 nitrogen and oxygen atoms in total. The monoisotopic (exact) mass is 262 g/mol. The minimum atomic E-state index is 0.438. The second-order valence-electron chi connectivity index (χ2n) is 5.75. The second kappa shape index (κ2) is 5.88. The Labute approximate surface area is 114 Å². The lowest BCUT2D eigenvalue weighted by Crippen LogP contribution is -2.39. The van der Waals surface area contributed by atoms with E-state index in [0.29, 0.717) is 12.0 Å². The van der Waals surface area contributed by atoms with E-state index in [9.17, 15) is 0 Å². The molecule has 0 unspecified atom stereocenters. The van der Waals surface area contributed by atoms with Crippen LogP contribution in [0.2, 0.25) is 0 Å². The highest BCUT2D eigenvalue weighted by Crippen LogP contribution is 2.30. The van der Waals surface area contributed by atoms with E-state index in [4.69, 9.17) is 5.73 Å². The van der Waals surface area contributed by atoms with Crippen LogP contribution in [0.5, 0.6) is 0 Å². The van der Waals surface area contributed by atoms with Crippen LogP contribution in [-0.4, -0.2) is 24.5 Å². The van der Waals surface area contributed by atoms with Gasteiger partial charge >= 0.3 is 0 Å². The number of likely N-dealkylation sites (tertiary alicyclic amines) is 1. The van der Waals surface area contributed by atoms with E-state index in [-0.39, 0.29) is 0 Å². The van der Waals surface area contributed by atoms with Crippen molar-refractivity contribution >= 4 is 11.3 Å². The highest BCUT2D eigenvalue weighted by molar-refractivity contribution is 7.12. The number of piperidine rings is 1. The minimum Gasteiger partial charge on any atom is -0.320 e. The van der Waals surface area contributed by atoms with Gasteiger partial charge in [0.1, 0.15) is 0 Å². The molecule has 1 saturated heterocycles. The van der Waals surface area contributed by atoms with Crippen LogP contribution >= 0.6 is 11.3 Å². The fraction of sp³-hybridized carbons (Fsp3) is 0.600. The molecule has 0 saturated carbocycles. The molecule has 3 heteroatoms. The first-order chi connectivity index (χ1) is 8.59. The number of hydrogen-bond donors (Lipinski definition) is 1. The summed E-state index contributed by atoms with van der Waals surface area (Å²) in [7, 11) is 0. The van der Waals surface area contributed by atoms with Crippen LogP contribution in [0.1, 0.15) is 36.4 Å². The molecule has 0 radical (unpaired) electrons. The lowest BCUT2D eigenvalue weighted by atomic mass is 9.84. The maximum Gasteiger partial charge on any atom is 0.0772 e. The maximum absolute atomic E-state index is 5.39. The number of nitrogens with two attached hydrogens (primary N) is 1. The van der Waals surface area contributed by atoms with Crippen molar-refractivity contribution < 1.29 is 0 Å². The van der Waals surface area contributed by atoms with Crippen LogP contribution in [0.3, 0.4) is 0 Å². The van der Waals surface area contributed by atoms with E-state index in [1.165, 1.54) is 30.8 Å². The first-order valence-electron chi connectivity index (χ1n) is 6.59. The molecule has 0 spiro atoms. The van der Waals surface area contributed by atoms with Gasteiger partial charge in [-0.3, -0.25) is 4.90 Å². The number of nitrogens with zero attached hydrogens (tertiary/aromatic N) is 1. The quantitative estimate of drug-likeness (QED) is 0.830. The van der Waals surface area contributed by atoms with Crippen molar-refractivity contribution in [1.29, 1.82) is 0 Å². The predicted octanol–water partition coefficient (Wildman–Crippen LogP) is 2.68. The van der Waals surface area contributed by atoms with Crippen molar-refractivity contribution in [3.63, 3.8) is 0 Å². The summed E-state index contributed by atoms with van der Waals surface area (Å²) in [5, 5.41) is 0. The first kappa shape index (κ1) is 13.6. The van der Waals surface area contributed by atoms with Crippen molar-refractivity contribution in [1.82, 2.24) is 4.90 Å². The molecular weight excluding hydrogens is 240 g/mol. The summed E-state index contributed by atoms with van der Waals surface area (Å²) in [6, 6.07) is 4.31. The van der Waals surface area contributed by atoms with Gasteiger partial charge < -0.3 is 5.73 Å². The lowest BCUT2D eigenvalue weighted by molar-refractivity contribution is 0.112. The Balaban J connectivity index is 1.95. The van der Waals surface area contributed by atoms with E-state index in [1.54, 1.807) is 11.3 Å². The van der Waals surface area contributed by atoms with Crippen molar-refractivity contribution in [2.75, 3.05) is 19.6 Å². The third-order valence-electron chi connectivity index (χ3n) is 3.33. The normalized spacial score (nSPS) is 19.3. The van der Waals surface area contributed by atoms with E-state index < -0.39 is 0 Å². The highest BCUT2D eigenvalue weighted by Gasteiger charge is 2.26. The third-order valence-corrected chi connectivity index (χ3v) is 4.32. The van der Waals surface area contributed by atoms with Gasteiger partial charge in [-0.25, -0.2) is 0 Å². The molecule has 1 aromatic heterocycles. The van der Waals surface area contributed by atoms with Crippen LogP contribution < -0.4 is 5.73 Å². The number of hydrogen-bond acceptors (Lipinski definition) is 3. The first-order valence-corrected chi connectivity index (χ1v) is 7.41. The van der Waals surface area contributed by atoms with Crippen molar-refractivity contribution in [3.05, 3.63) is 21.9 Å². The number of thiophene rings is 1. The summed E-state index contributed by atoms with van der Waals surface area (Å²) < 4.78 is 0. The minimum absolute atomic E-state index is 0.438. The predicted molar refractivity (Wildman–Crippen MR) is 78.5 cm³/mol. The Kier molecular flexibility index (Phi) is 4.45. The Morgan fingerprint density at radius 2 is 2.28 bits per heavy atom. The summed E-state index contributed by atoms with van der Waals surface area (Å²) in [5.41, 5.74) is 5.86. The van der Waals surface area contributed by atoms with E-state index in [1.807, 2.05) is 0 Å². The highest BCUT2D eigenvalue weighted by atomic mass is 32.1. The lowest BCUT2D eigenvalue weighted by Gasteiger charge is -2.37. The van der Waals surface area contributed by atoms with Gasteiger partial charge in [0.2, 0.25) is 0 Å². The van der Waals surface area contributed by atoms with Crippen LogP contribution in [-0.2, 0) is 6.54 Å². The molecule has 0 aromatic carbocycles. The molecule has 0 atom stereocenters. The SMILES string of the molecule is CC1(C)CCCN(Cc2ccc(C#CCN)s2)C1. The molecule has 2 heterocycles. The summed E-state index contributed by atoms with van der Waals surface area (Å²) >= 11 is 1.80. The molecule has 0 bridgehead atoms. The van der Waals surface area contributed by atoms with Gasteiger partial charge in [-0.2, -0.15) is 0 Å². The molecule has 1 aliphatic heterocycles. The summed E-state index contributed by atoms with van der Waals surface area (Å²) in [4.78, 5) is 5.11. The molecule has 1 fully saturated rings. The molecule has 2 rings (SSSR count). The molecular formula is C15H22N2S. The molecule has 98 valence electrons. The molecule has 2 N–H and O–H groups in total. The second-order valence-corrected chi connectivity index (χ2v) is 6.92. The Hall–Kier alpha value is -0.820. The average molecular weight is 262 g/mol. The third kappa shape index (κ3) is 3.84. The average Bonchev–Trinajstić information content (AvgIpc) is 2.73. The largest absolute Gasteiger partial charge is 0.320 e. The van der Waals surface area contributed by atoms with Crippen molar-refractivity contribution in [3.8, 4) is 11.8 Å². The van der Waals surface area contributed by atoms with Crippen LogP contribution in [0.25, 0.3) is 0 Å². The van der Waals surface area contributed by atoms with Gasteiger partial charge in [0.15, 0.2) is 0 Å². The van der Waals surface area contributed by atoms with Crippen molar-refractivity contribution in [2.24, 2.45) is 11.1 Å². The van der Waals surface area contributed by atoms with Gasteiger partial charge in [0.05, 0.1) is 11.4 Å². The smallest absolute Gasteiger partial charge is 0.0772 e. The zero-order chi connectivity index (χ0) is 13.0. The molecule has 1 aromatic rings. The van der Waals surface area contributed by atoms with E-state index >= 15 is 0 Å². The Morgan fingerprint density at radius 3 is 3.00 bits per heavy atom. The summed E-state index contributed by atoms with van der Waals surface area (Å²) in [6.07, 6.45) is 2.67. The Morgan fingerprint density at radius 1 is 1.44 bits per heavy atom. The molecule has 0 amide bonds. The summed E-state index contributed by atoms with van der Waals surface area (Å²) in [5.74, 6) is 6.01. The van der Waals surface area contributed by atoms with Gasteiger partial charge in [-0.1, -0.05) is 25.7 Å². The van der Waals surface area contributed by atoms with Gasteiger partial charge in [0, 0.05) is 18.0 Å². The van der Waals surface area contributed by atoms with Crippen LogP contribution in [0.15, 0.2) is 12.1 Å². The summed E-state index contributed by atoms with van der Waals surface area (Å²) in [6.45, 7) is 8.67. The fourth-order valence-electron chi connectivity index (χ4n) is 2.57. The molecule has 18 heavy (non-hydrogen) atoms. The molecule has 0 aliphatic carbocycles. The van der Waals surface area contributed by atoms with Gasteiger partial charge in [0.25, 0.3) is 0 Å². The standard InChI is InChI=1S/C15H22N2S/c1-15(2)8-4-10-17(12-15)11-14-7-6-13(18-14)5-3-9-16/h6-7H,4,8-12,16H2,1-2H3. The van der Waals surface area contributed by atoms with Gasteiger partial charge in [-0.15, -0.1) is 11.3 Å². The molecule has 1 aliphatic rings. The van der Waals surface area contributed by atoms with Crippen molar-refractivity contribution in [2.45, 2.75) is 33.2 Å². The number of rotatable bonds is 2. The van der Waals surface area contributed by atoms with E-state index in [2.05, 4.69) is 42.7 Å². The zero-order valence-corrected chi connectivity index (χ0v) is 12.1. The topological polar surface area (TPSA) is 29.3 Å². The zero-order valence-electron chi connectivity index (χ0n) is 11.3. The van der Waals surface area contributed by atoms with E-state index in [0.717, 1.165) is 11.4 Å². The Bertz CT molecular complexity index is 451. The maximum atomic E-state index is 5.39.